The van der Waals surface area contributed by atoms with Crippen molar-refractivity contribution in [3.8, 4) is 0 Å². The monoisotopic (exact) mass is 440 g/mol. The number of hydrogen-bond acceptors (Lipinski definition) is 5. The fraction of sp³-hybridized carbons (Fsp3) is 0.292. The Hall–Kier alpha value is -3.68. The first-order valence-electron chi connectivity index (χ1n) is 10.0. The zero-order chi connectivity index (χ0) is 23.6. The number of Topliss-reactive ketones (excluding diaryl/α,β-unsaturated/α-hetero) is 1. The van der Waals surface area contributed by atoms with Gasteiger partial charge in [0.25, 0.3) is 5.91 Å². The first-order valence-corrected chi connectivity index (χ1v) is 10.0. The van der Waals surface area contributed by atoms with Crippen molar-refractivity contribution in [1.82, 2.24) is 9.47 Å². The lowest BCUT2D eigenvalue weighted by Crippen LogP contribution is -2.43. The fourth-order valence-corrected chi connectivity index (χ4v) is 3.82. The van der Waals surface area contributed by atoms with Gasteiger partial charge in [0.15, 0.2) is 5.78 Å². The minimum absolute atomic E-state index is 0.0179. The van der Waals surface area contributed by atoms with Gasteiger partial charge in [0.2, 0.25) is 0 Å². The molecule has 0 saturated heterocycles. The summed E-state index contributed by atoms with van der Waals surface area (Å²) in [6.45, 7) is 5.02. The number of carbonyl (C=O) groups is 3. The molecule has 0 aliphatic heterocycles. The van der Waals surface area contributed by atoms with E-state index in [0.29, 0.717) is 22.6 Å². The zero-order valence-corrected chi connectivity index (χ0v) is 18.6. The van der Waals surface area contributed by atoms with E-state index >= 15 is 0 Å². The van der Waals surface area contributed by atoms with Gasteiger partial charge >= 0.3 is 5.97 Å². The van der Waals surface area contributed by atoms with Crippen molar-refractivity contribution < 1.29 is 27.9 Å². The number of ketones is 1. The van der Waals surface area contributed by atoms with Gasteiger partial charge in [-0.15, -0.1) is 0 Å². The highest BCUT2D eigenvalue weighted by Crippen LogP contribution is 2.26. The molecule has 0 fully saturated rings. The first-order chi connectivity index (χ1) is 15.2. The van der Waals surface area contributed by atoms with Crippen LogP contribution in [0.3, 0.4) is 0 Å². The molecule has 8 heteroatoms. The Kier molecular flexibility index (Phi) is 6.62. The summed E-state index contributed by atoms with van der Waals surface area (Å²) in [6.07, 6.45) is 1.47. The maximum Gasteiger partial charge on any atom is 0.354 e. The number of halogens is 1. The van der Waals surface area contributed by atoms with Gasteiger partial charge < -0.3 is 18.6 Å². The third-order valence-electron chi connectivity index (χ3n) is 5.64. The van der Waals surface area contributed by atoms with Crippen LogP contribution in [0.2, 0.25) is 0 Å². The summed E-state index contributed by atoms with van der Waals surface area (Å²) < 4.78 is 25.6. The Morgan fingerprint density at radius 3 is 2.50 bits per heavy atom. The van der Waals surface area contributed by atoms with E-state index in [1.807, 2.05) is 0 Å². The predicted molar refractivity (Wildman–Crippen MR) is 115 cm³/mol. The second-order valence-corrected chi connectivity index (χ2v) is 7.55. The lowest BCUT2D eigenvalue weighted by atomic mass is 9.99. The number of methoxy groups -OCH3 is 1. The molecule has 0 saturated carbocycles. The molecule has 0 bridgehead atoms. The van der Waals surface area contributed by atoms with Crippen molar-refractivity contribution in [3.05, 3.63) is 82.3 Å². The van der Waals surface area contributed by atoms with Crippen molar-refractivity contribution >= 4 is 17.7 Å². The molecule has 2 heterocycles. The molecular formula is C24H25FN2O5. The minimum atomic E-state index is -0.916. The summed E-state index contributed by atoms with van der Waals surface area (Å²) in [4.78, 5) is 40.4. The van der Waals surface area contributed by atoms with Gasteiger partial charge in [-0.05, 0) is 56.7 Å². The maximum atomic E-state index is 13.8. The molecule has 2 aromatic heterocycles. The summed E-state index contributed by atoms with van der Waals surface area (Å²) in [5, 5.41) is 0. The van der Waals surface area contributed by atoms with E-state index in [1.54, 1.807) is 44.5 Å². The average molecular weight is 440 g/mol. The molecule has 0 aliphatic carbocycles. The van der Waals surface area contributed by atoms with Crippen molar-refractivity contribution in [1.29, 1.82) is 0 Å². The third kappa shape index (κ3) is 4.21. The number of nitrogens with zero attached hydrogens (tertiary/aromatic N) is 2. The van der Waals surface area contributed by atoms with E-state index in [4.69, 9.17) is 9.15 Å². The molecule has 3 rings (SSSR count). The molecule has 0 spiro atoms. The van der Waals surface area contributed by atoms with E-state index in [1.165, 1.54) is 36.5 Å². The van der Waals surface area contributed by atoms with Crippen LogP contribution in [0.1, 0.15) is 55.1 Å². The van der Waals surface area contributed by atoms with E-state index < -0.39 is 23.7 Å². The van der Waals surface area contributed by atoms with Crippen LogP contribution >= 0.6 is 0 Å². The molecule has 1 aromatic carbocycles. The zero-order valence-electron chi connectivity index (χ0n) is 18.6. The van der Waals surface area contributed by atoms with Crippen molar-refractivity contribution in [2.45, 2.75) is 33.4 Å². The summed E-state index contributed by atoms with van der Waals surface area (Å²) in [5.74, 6) is -1.48. The Morgan fingerprint density at radius 1 is 1.19 bits per heavy atom. The van der Waals surface area contributed by atoms with Crippen LogP contribution in [0.4, 0.5) is 4.39 Å². The van der Waals surface area contributed by atoms with Gasteiger partial charge in [-0.3, -0.25) is 9.59 Å². The van der Waals surface area contributed by atoms with E-state index in [0.717, 1.165) is 6.07 Å². The molecular weight excluding hydrogens is 415 g/mol. The number of ether oxygens (including phenoxy) is 1. The summed E-state index contributed by atoms with van der Waals surface area (Å²) in [7, 11) is 2.95. The molecule has 1 atom stereocenters. The highest BCUT2D eigenvalue weighted by Gasteiger charge is 2.33. The second kappa shape index (κ2) is 9.21. The lowest BCUT2D eigenvalue weighted by molar-refractivity contribution is 0.0586. The predicted octanol–water partition coefficient (Wildman–Crippen LogP) is 4.07. The third-order valence-corrected chi connectivity index (χ3v) is 5.64. The number of esters is 1. The Balaban J connectivity index is 2.03. The van der Waals surface area contributed by atoms with Gasteiger partial charge in [0.1, 0.15) is 17.3 Å². The standard InChI is InChI=1S/C24H25FN2O5/c1-14-20(15(2)26(4)21(14)24(30)31-5)22(28)16(3)27(13-19-10-7-11-32-19)23(29)17-8-6-9-18(25)12-17/h6-12,16H,13H2,1-5H3/t16-/m1/s1. The number of rotatable bonds is 7. The van der Waals surface area contributed by atoms with Crippen molar-refractivity contribution in [2.75, 3.05) is 7.11 Å². The summed E-state index contributed by atoms with van der Waals surface area (Å²) in [5.41, 5.74) is 1.79. The molecule has 0 unspecified atom stereocenters. The van der Waals surface area contributed by atoms with Crippen LogP contribution in [-0.2, 0) is 18.3 Å². The van der Waals surface area contributed by atoms with Gasteiger partial charge in [0, 0.05) is 23.9 Å². The van der Waals surface area contributed by atoms with Crippen LogP contribution < -0.4 is 0 Å². The number of carbonyl (C=O) groups excluding carboxylic acids is 3. The van der Waals surface area contributed by atoms with Crippen LogP contribution in [0.5, 0.6) is 0 Å². The highest BCUT2D eigenvalue weighted by atomic mass is 19.1. The number of furan rings is 1. The number of benzene rings is 1. The second-order valence-electron chi connectivity index (χ2n) is 7.55. The molecule has 1 amide bonds. The van der Waals surface area contributed by atoms with Gasteiger partial charge in [0.05, 0.1) is 26.0 Å². The molecule has 0 N–H and O–H groups in total. The topological polar surface area (TPSA) is 81.8 Å². The quantitative estimate of drug-likeness (QED) is 0.409. The van der Waals surface area contributed by atoms with Crippen LogP contribution in [0.15, 0.2) is 47.1 Å². The van der Waals surface area contributed by atoms with Crippen LogP contribution in [0, 0.1) is 19.7 Å². The molecule has 0 radical (unpaired) electrons. The lowest BCUT2D eigenvalue weighted by Gasteiger charge is -2.28. The van der Waals surface area contributed by atoms with E-state index in [2.05, 4.69) is 0 Å². The average Bonchev–Trinajstić information content (AvgIpc) is 3.36. The molecule has 168 valence electrons. The molecule has 7 nitrogen and oxygen atoms in total. The number of aromatic nitrogens is 1. The molecule has 3 aromatic rings. The first kappa shape index (κ1) is 23.0. The number of amides is 1. The normalized spacial score (nSPS) is 11.8. The maximum absolute atomic E-state index is 13.8. The summed E-state index contributed by atoms with van der Waals surface area (Å²) >= 11 is 0. The van der Waals surface area contributed by atoms with Crippen LogP contribution in [0.25, 0.3) is 0 Å². The van der Waals surface area contributed by atoms with Crippen molar-refractivity contribution in [2.24, 2.45) is 7.05 Å². The van der Waals surface area contributed by atoms with E-state index in [-0.39, 0.29) is 23.6 Å². The summed E-state index contributed by atoms with van der Waals surface area (Å²) in [6, 6.07) is 7.76. The van der Waals surface area contributed by atoms with Gasteiger partial charge in [-0.1, -0.05) is 6.07 Å². The largest absolute Gasteiger partial charge is 0.467 e. The molecule has 0 aliphatic rings. The molecule has 32 heavy (non-hydrogen) atoms. The van der Waals surface area contributed by atoms with Gasteiger partial charge in [-0.2, -0.15) is 0 Å². The van der Waals surface area contributed by atoms with Gasteiger partial charge in [-0.25, -0.2) is 9.18 Å². The Morgan fingerprint density at radius 2 is 1.91 bits per heavy atom. The SMILES string of the molecule is COC(=O)c1c(C)c(C(=O)[C@@H](C)N(Cc2ccco2)C(=O)c2cccc(F)c2)c(C)n1C. The van der Waals surface area contributed by atoms with E-state index in [9.17, 15) is 18.8 Å². The Bertz CT molecular complexity index is 1160. The Labute approximate surface area is 185 Å². The smallest absolute Gasteiger partial charge is 0.354 e. The van der Waals surface area contributed by atoms with Crippen molar-refractivity contribution in [3.63, 3.8) is 0 Å². The highest BCUT2D eigenvalue weighted by molar-refractivity contribution is 6.07. The van der Waals surface area contributed by atoms with Crippen LogP contribution in [-0.4, -0.2) is 40.3 Å². The number of hydrogen-bond donors (Lipinski definition) is 0. The minimum Gasteiger partial charge on any atom is -0.467 e. The fourth-order valence-electron chi connectivity index (χ4n) is 3.82.